The molecule has 0 spiro atoms. The van der Waals surface area contributed by atoms with Crippen molar-refractivity contribution in [2.75, 3.05) is 11.9 Å². The number of allylic oxidation sites excluding steroid dienone is 1. The summed E-state index contributed by atoms with van der Waals surface area (Å²) in [5, 5.41) is 3.74. The molecule has 0 fully saturated rings. The molecular formula is C24H29N. The second-order valence-electron chi connectivity index (χ2n) is 8.24. The van der Waals surface area contributed by atoms with Crippen molar-refractivity contribution in [3.63, 3.8) is 0 Å². The van der Waals surface area contributed by atoms with Crippen LogP contribution in [0.2, 0.25) is 0 Å². The summed E-state index contributed by atoms with van der Waals surface area (Å²) in [5.74, 6) is 0. The van der Waals surface area contributed by atoms with E-state index in [1.54, 1.807) is 5.56 Å². The highest BCUT2D eigenvalue weighted by Gasteiger charge is 2.30. The Labute approximate surface area is 152 Å². The van der Waals surface area contributed by atoms with Gasteiger partial charge in [0.2, 0.25) is 0 Å². The molecule has 0 saturated heterocycles. The Kier molecular flexibility index (Phi) is 4.19. The van der Waals surface area contributed by atoms with Crippen molar-refractivity contribution in [1.82, 2.24) is 0 Å². The van der Waals surface area contributed by atoms with E-state index in [0.29, 0.717) is 0 Å². The molecule has 25 heavy (non-hydrogen) atoms. The van der Waals surface area contributed by atoms with Crippen molar-refractivity contribution in [3.05, 3.63) is 69.8 Å². The molecule has 1 heteroatoms. The molecule has 0 unspecified atom stereocenters. The number of rotatable bonds is 0. The minimum absolute atomic E-state index is 0.245. The van der Waals surface area contributed by atoms with Gasteiger partial charge in [0.25, 0.3) is 0 Å². The van der Waals surface area contributed by atoms with Crippen LogP contribution in [0.25, 0.3) is 6.08 Å². The van der Waals surface area contributed by atoms with Crippen molar-refractivity contribution in [3.8, 4) is 0 Å². The second-order valence-corrected chi connectivity index (χ2v) is 8.24. The summed E-state index contributed by atoms with van der Waals surface area (Å²) in [6.45, 7) is 8.07. The zero-order valence-electron chi connectivity index (χ0n) is 15.8. The van der Waals surface area contributed by atoms with E-state index in [4.69, 9.17) is 0 Å². The number of fused-ring (bicyclic) bond motifs is 6. The summed E-state index contributed by atoms with van der Waals surface area (Å²) in [5.41, 5.74) is 10.3. The Balaban J connectivity index is 1.91. The van der Waals surface area contributed by atoms with E-state index >= 15 is 0 Å². The molecule has 0 aromatic heterocycles. The van der Waals surface area contributed by atoms with Gasteiger partial charge in [0.05, 0.1) is 0 Å². The summed E-state index contributed by atoms with van der Waals surface area (Å²) in [4.78, 5) is 0. The topological polar surface area (TPSA) is 12.0 Å². The van der Waals surface area contributed by atoms with Crippen LogP contribution in [0.15, 0.2) is 36.4 Å². The SMILES string of the molecule is Cc1cc(C)c2c(c1)C/C=C\c1ccc3cc1NCC[C@@]2(C)CCC3. The highest BCUT2D eigenvalue weighted by atomic mass is 14.9. The molecule has 0 amide bonds. The number of benzene rings is 2. The van der Waals surface area contributed by atoms with E-state index in [2.05, 4.69) is 68.6 Å². The second kappa shape index (κ2) is 6.37. The first-order chi connectivity index (χ1) is 12.0. The minimum atomic E-state index is 0.245. The predicted molar refractivity (Wildman–Crippen MR) is 108 cm³/mol. The Morgan fingerprint density at radius 1 is 1.04 bits per heavy atom. The number of anilines is 1. The molecule has 1 nitrogen and oxygen atoms in total. The maximum atomic E-state index is 3.74. The Morgan fingerprint density at radius 2 is 1.92 bits per heavy atom. The van der Waals surface area contributed by atoms with Crippen LogP contribution in [-0.4, -0.2) is 6.54 Å². The molecule has 0 saturated carbocycles. The first-order valence-corrected chi connectivity index (χ1v) is 9.69. The molecule has 1 N–H and O–H groups in total. The fourth-order valence-corrected chi connectivity index (χ4v) is 4.98. The molecule has 1 atom stereocenters. The first kappa shape index (κ1) is 16.4. The van der Waals surface area contributed by atoms with Crippen LogP contribution < -0.4 is 5.32 Å². The number of hydrogen-bond acceptors (Lipinski definition) is 1. The zero-order valence-corrected chi connectivity index (χ0v) is 15.8. The molecule has 2 aliphatic rings. The number of nitrogens with one attached hydrogen (secondary N) is 1. The molecule has 0 aliphatic carbocycles. The Morgan fingerprint density at radius 3 is 2.80 bits per heavy atom. The van der Waals surface area contributed by atoms with Gasteiger partial charge in [-0.3, -0.25) is 0 Å². The van der Waals surface area contributed by atoms with Gasteiger partial charge in [-0.25, -0.2) is 0 Å². The fraction of sp³-hybridized carbons (Fsp3) is 0.417. The van der Waals surface area contributed by atoms with Gasteiger partial charge in [-0.15, -0.1) is 0 Å². The van der Waals surface area contributed by atoms with Crippen molar-refractivity contribution in [2.45, 2.75) is 58.3 Å². The lowest BCUT2D eigenvalue weighted by atomic mass is 9.71. The van der Waals surface area contributed by atoms with Gasteiger partial charge >= 0.3 is 0 Å². The standard InChI is InChI=1S/C24H29N/c1-17-14-18(2)23-21(15-17)8-4-7-20-10-9-19-6-5-11-24(23,3)12-13-25-22(20)16-19/h4,7,9-10,14-16,25H,5-6,8,11-13H2,1-3H3/b7-4-/t24-/m1/s1. The van der Waals surface area contributed by atoms with Crippen LogP contribution in [0, 0.1) is 13.8 Å². The normalized spacial score (nSPS) is 23.6. The quantitative estimate of drug-likeness (QED) is 0.627. The Bertz CT molecular complexity index is 830. The third-order valence-electron chi connectivity index (χ3n) is 6.10. The Hall–Kier alpha value is -2.02. The molecule has 2 heterocycles. The van der Waals surface area contributed by atoms with Crippen molar-refractivity contribution in [2.24, 2.45) is 0 Å². The molecular weight excluding hydrogens is 302 g/mol. The van der Waals surface area contributed by atoms with Crippen molar-refractivity contribution < 1.29 is 0 Å². The lowest BCUT2D eigenvalue weighted by Crippen LogP contribution is -2.29. The third-order valence-corrected chi connectivity index (χ3v) is 6.10. The molecule has 2 aromatic rings. The van der Waals surface area contributed by atoms with Gasteiger partial charge < -0.3 is 5.32 Å². The van der Waals surface area contributed by atoms with Gasteiger partial charge in [-0.05, 0) is 85.3 Å². The highest BCUT2D eigenvalue weighted by Crippen LogP contribution is 2.39. The highest BCUT2D eigenvalue weighted by molar-refractivity contribution is 5.68. The molecule has 3 bridgehead atoms. The van der Waals surface area contributed by atoms with E-state index in [-0.39, 0.29) is 5.41 Å². The smallest absolute Gasteiger partial charge is 0.0416 e. The van der Waals surface area contributed by atoms with Crippen LogP contribution >= 0.6 is 0 Å². The van der Waals surface area contributed by atoms with E-state index in [9.17, 15) is 0 Å². The van der Waals surface area contributed by atoms with Crippen LogP contribution in [0.4, 0.5) is 5.69 Å². The maximum absolute atomic E-state index is 3.74. The average molecular weight is 332 g/mol. The number of aryl methyl sites for hydroxylation is 3. The molecule has 2 aromatic carbocycles. The monoisotopic (exact) mass is 331 g/mol. The van der Waals surface area contributed by atoms with Gasteiger partial charge in [-0.2, -0.15) is 0 Å². The fourth-order valence-electron chi connectivity index (χ4n) is 4.98. The van der Waals surface area contributed by atoms with E-state index in [1.165, 1.54) is 59.2 Å². The van der Waals surface area contributed by atoms with Crippen LogP contribution in [0.3, 0.4) is 0 Å². The van der Waals surface area contributed by atoms with E-state index < -0.39 is 0 Å². The largest absolute Gasteiger partial charge is 0.385 e. The summed E-state index contributed by atoms with van der Waals surface area (Å²) in [7, 11) is 0. The van der Waals surface area contributed by atoms with E-state index in [0.717, 1.165) is 13.0 Å². The van der Waals surface area contributed by atoms with Gasteiger partial charge in [0.15, 0.2) is 0 Å². The van der Waals surface area contributed by atoms with Crippen LogP contribution in [-0.2, 0) is 18.3 Å². The van der Waals surface area contributed by atoms with E-state index in [1.807, 2.05) is 0 Å². The molecule has 0 radical (unpaired) electrons. The lowest BCUT2D eigenvalue weighted by molar-refractivity contribution is 0.393. The average Bonchev–Trinajstić information content (AvgIpc) is 2.56. The molecule has 4 rings (SSSR count). The van der Waals surface area contributed by atoms with Gasteiger partial charge in [0.1, 0.15) is 0 Å². The predicted octanol–water partition coefficient (Wildman–Crippen LogP) is 5.97. The molecule has 2 aliphatic heterocycles. The summed E-state index contributed by atoms with van der Waals surface area (Å²) >= 11 is 0. The summed E-state index contributed by atoms with van der Waals surface area (Å²) in [6.07, 6.45) is 10.5. The third kappa shape index (κ3) is 3.13. The summed E-state index contributed by atoms with van der Waals surface area (Å²) < 4.78 is 0. The minimum Gasteiger partial charge on any atom is -0.385 e. The van der Waals surface area contributed by atoms with Crippen LogP contribution in [0.1, 0.15) is 59.6 Å². The van der Waals surface area contributed by atoms with Gasteiger partial charge in [-0.1, -0.05) is 48.9 Å². The van der Waals surface area contributed by atoms with Crippen molar-refractivity contribution >= 4 is 11.8 Å². The lowest BCUT2D eigenvalue weighted by Gasteiger charge is -2.35. The summed E-state index contributed by atoms with van der Waals surface area (Å²) in [6, 6.07) is 11.8. The maximum Gasteiger partial charge on any atom is 0.0416 e. The first-order valence-electron chi connectivity index (χ1n) is 9.69. The zero-order chi connectivity index (χ0) is 17.4. The molecule has 130 valence electrons. The van der Waals surface area contributed by atoms with Crippen molar-refractivity contribution in [1.29, 1.82) is 0 Å². The van der Waals surface area contributed by atoms with Crippen LogP contribution in [0.5, 0.6) is 0 Å². The van der Waals surface area contributed by atoms with Gasteiger partial charge in [0, 0.05) is 12.2 Å². The number of hydrogen-bond donors (Lipinski definition) is 1.